The molecule has 2 N–H and O–H groups in total. The molecule has 0 unspecified atom stereocenters. The van der Waals surface area contributed by atoms with E-state index in [0.29, 0.717) is 22.2 Å². The van der Waals surface area contributed by atoms with Crippen LogP contribution < -0.4 is 14.7 Å². The lowest BCUT2D eigenvalue weighted by molar-refractivity contribution is 0.197. The van der Waals surface area contributed by atoms with E-state index in [1.165, 1.54) is 16.7 Å². The van der Waals surface area contributed by atoms with Crippen molar-refractivity contribution in [1.29, 1.82) is 0 Å². The second-order valence-electron chi connectivity index (χ2n) is 11.8. The maximum atomic E-state index is 14.2. The van der Waals surface area contributed by atoms with Crippen LogP contribution in [0.3, 0.4) is 0 Å². The highest BCUT2D eigenvalue weighted by Crippen LogP contribution is 2.52. The van der Waals surface area contributed by atoms with Gasteiger partial charge in [-0.15, -0.1) is 0 Å². The van der Waals surface area contributed by atoms with Crippen molar-refractivity contribution in [2.75, 3.05) is 19.6 Å². The van der Waals surface area contributed by atoms with Gasteiger partial charge < -0.3 is 28.3 Å². The molecular formula is C32H44FN2O7PSi. The number of aromatic hydroxyl groups is 1. The molecule has 0 atom stereocenters. The minimum Gasteiger partial charge on any atom is -0.541 e. The molecule has 240 valence electrons. The van der Waals surface area contributed by atoms with Crippen molar-refractivity contribution in [3.8, 4) is 17.4 Å². The molecule has 0 saturated carbocycles. The largest absolute Gasteiger partial charge is 0.541 e. The molecule has 9 nitrogen and oxygen atoms in total. The van der Waals surface area contributed by atoms with Crippen LogP contribution in [-0.2, 0) is 20.2 Å². The van der Waals surface area contributed by atoms with Crippen molar-refractivity contribution in [1.82, 2.24) is 9.55 Å². The summed E-state index contributed by atoms with van der Waals surface area (Å²) in [7, 11) is -6.28. The van der Waals surface area contributed by atoms with Gasteiger partial charge >= 0.3 is 7.60 Å². The molecule has 4 rings (SSSR count). The Kier molecular flexibility index (Phi) is 10.3. The van der Waals surface area contributed by atoms with Gasteiger partial charge in [0.1, 0.15) is 17.3 Å². The number of pyridine rings is 1. The van der Waals surface area contributed by atoms with Crippen molar-refractivity contribution in [3.05, 3.63) is 64.3 Å². The summed E-state index contributed by atoms with van der Waals surface area (Å²) < 4.78 is 52.6. The van der Waals surface area contributed by atoms with Crippen LogP contribution in [0, 0.1) is 5.82 Å². The lowest BCUT2D eigenvalue weighted by Gasteiger charge is -2.42. The van der Waals surface area contributed by atoms with Gasteiger partial charge in [-0.1, -0.05) is 53.7 Å². The summed E-state index contributed by atoms with van der Waals surface area (Å²) in [5.74, 6) is -0.208. The van der Waals surface area contributed by atoms with Crippen molar-refractivity contribution in [2.45, 2.75) is 78.6 Å². The zero-order chi connectivity index (χ0) is 32.4. The van der Waals surface area contributed by atoms with Crippen molar-refractivity contribution < 1.29 is 32.3 Å². The van der Waals surface area contributed by atoms with E-state index in [4.69, 9.17) is 18.2 Å². The van der Waals surface area contributed by atoms with E-state index in [1.807, 2.05) is 0 Å². The number of ether oxygens (including phenoxy) is 1. The summed E-state index contributed by atoms with van der Waals surface area (Å²) in [5.41, 5.74) is 1.22. The molecular weight excluding hydrogens is 602 g/mol. The standard InChI is InChI=1S/C32H44FN2O7PSi/c1-9-40-43(38,41-10-2)19-39-29-25-12-11-17-34-28(25)30(42-44(20(3)4,21(5)6)22(7)8)27-26(29)31(36)35(32(27)37)18-23-13-15-24(33)16-14-23/h11-17,20-22,34,37H,9-10,18-19H2,1-8H3. The molecule has 0 aliphatic rings. The second kappa shape index (κ2) is 13.5. The molecule has 0 saturated heterocycles. The predicted octanol–water partition coefficient (Wildman–Crippen LogP) is 8.53. The molecule has 12 heteroatoms. The summed E-state index contributed by atoms with van der Waals surface area (Å²) in [6, 6.07) is 9.29. The molecule has 0 bridgehead atoms. The van der Waals surface area contributed by atoms with E-state index < -0.39 is 33.6 Å². The van der Waals surface area contributed by atoms with Crippen LogP contribution in [0.2, 0.25) is 16.6 Å². The Balaban J connectivity index is 2.07. The third-order valence-electron chi connectivity index (χ3n) is 8.23. The molecule has 0 aliphatic carbocycles. The molecule has 44 heavy (non-hydrogen) atoms. The van der Waals surface area contributed by atoms with Crippen LogP contribution >= 0.6 is 7.60 Å². The highest BCUT2D eigenvalue weighted by molar-refractivity contribution is 7.53. The number of benzene rings is 2. The van der Waals surface area contributed by atoms with Gasteiger partial charge in [-0.25, -0.2) is 4.39 Å². The smallest absolute Gasteiger partial charge is 0.367 e. The summed E-state index contributed by atoms with van der Waals surface area (Å²) in [5, 5.41) is 12.6. The molecule has 2 aromatic heterocycles. The first kappa shape index (κ1) is 33.8. The lowest BCUT2D eigenvalue weighted by Crippen LogP contribution is -2.50. The second-order valence-corrected chi connectivity index (χ2v) is 19.2. The Hall–Kier alpha value is -3.11. The first-order valence-electron chi connectivity index (χ1n) is 15.1. The molecule has 0 aliphatic heterocycles. The number of hydrogen-bond donors (Lipinski definition) is 2. The number of nitrogens with one attached hydrogen (secondary N) is 1. The minimum atomic E-state index is -3.67. The lowest BCUT2D eigenvalue weighted by atomic mass is 10.1. The Bertz CT molecular complexity index is 1680. The average Bonchev–Trinajstić information content (AvgIpc) is 3.20. The maximum absolute atomic E-state index is 14.2. The first-order valence-corrected chi connectivity index (χ1v) is 19.0. The van der Waals surface area contributed by atoms with Gasteiger partial charge in [-0.3, -0.25) is 13.9 Å². The first-order chi connectivity index (χ1) is 20.8. The summed E-state index contributed by atoms with van der Waals surface area (Å²) in [4.78, 5) is 17.5. The Morgan fingerprint density at radius 2 is 1.52 bits per heavy atom. The molecule has 0 fully saturated rings. The zero-order valence-corrected chi connectivity index (χ0v) is 28.7. The highest BCUT2D eigenvalue weighted by atomic mass is 31.2. The van der Waals surface area contributed by atoms with Crippen LogP contribution in [0.5, 0.6) is 17.4 Å². The van der Waals surface area contributed by atoms with E-state index in [9.17, 15) is 18.9 Å². The SMILES string of the molecule is CCOP(=O)(COc1c2ccc[nH]c2c(O[Si](C(C)C)(C(C)C)C(C)C)c2c(O)n(Cc3ccc(F)cc3)c(=O)c12)OCC. The number of fused-ring (bicyclic) bond motifs is 2. The number of halogens is 1. The number of aromatic amines is 1. The fourth-order valence-corrected chi connectivity index (χ4v) is 13.0. The molecule has 2 heterocycles. The van der Waals surface area contributed by atoms with Gasteiger partial charge in [0.2, 0.25) is 5.88 Å². The van der Waals surface area contributed by atoms with E-state index in [1.54, 1.807) is 44.3 Å². The molecule has 0 amide bonds. The molecule has 0 radical (unpaired) electrons. The molecule has 2 aromatic carbocycles. The third kappa shape index (κ3) is 6.20. The fourth-order valence-electron chi connectivity index (χ4n) is 6.43. The summed E-state index contributed by atoms with van der Waals surface area (Å²) >= 11 is 0. The Morgan fingerprint density at radius 1 is 0.932 bits per heavy atom. The Labute approximate surface area is 259 Å². The third-order valence-corrected chi connectivity index (χ3v) is 15.9. The van der Waals surface area contributed by atoms with Crippen LogP contribution in [0.1, 0.15) is 61.0 Å². The van der Waals surface area contributed by atoms with E-state index >= 15 is 0 Å². The average molecular weight is 647 g/mol. The quantitative estimate of drug-likeness (QED) is 0.104. The predicted molar refractivity (Wildman–Crippen MR) is 175 cm³/mol. The monoisotopic (exact) mass is 646 g/mol. The maximum Gasteiger partial charge on any atom is 0.367 e. The van der Waals surface area contributed by atoms with Crippen LogP contribution in [-0.4, -0.2) is 42.5 Å². The van der Waals surface area contributed by atoms with Gasteiger partial charge in [-0.2, -0.15) is 0 Å². The van der Waals surface area contributed by atoms with E-state index in [0.717, 1.165) is 0 Å². The van der Waals surface area contributed by atoms with Gasteiger partial charge in [0.25, 0.3) is 13.9 Å². The van der Waals surface area contributed by atoms with Crippen molar-refractivity contribution >= 4 is 37.6 Å². The van der Waals surface area contributed by atoms with E-state index in [2.05, 4.69) is 46.5 Å². The molecule has 0 spiro atoms. The van der Waals surface area contributed by atoms with Crippen LogP contribution in [0.25, 0.3) is 21.7 Å². The fraction of sp³-hybridized carbons (Fsp3) is 0.469. The van der Waals surface area contributed by atoms with Crippen LogP contribution in [0.4, 0.5) is 4.39 Å². The summed E-state index contributed by atoms with van der Waals surface area (Å²) in [6.07, 6.45) is 1.30. The van der Waals surface area contributed by atoms with Crippen molar-refractivity contribution in [2.24, 2.45) is 0 Å². The van der Waals surface area contributed by atoms with Crippen molar-refractivity contribution in [3.63, 3.8) is 0 Å². The topological polar surface area (TPSA) is 112 Å². The van der Waals surface area contributed by atoms with Gasteiger partial charge in [0.05, 0.1) is 36.0 Å². The van der Waals surface area contributed by atoms with Gasteiger partial charge in [0, 0.05) is 11.6 Å². The number of nitrogens with zero attached hydrogens (tertiary/aromatic N) is 1. The Morgan fingerprint density at radius 3 is 2.07 bits per heavy atom. The normalized spacial score (nSPS) is 12.7. The number of rotatable bonds is 14. The van der Waals surface area contributed by atoms with Gasteiger partial charge in [-0.05, 0) is 60.3 Å². The summed E-state index contributed by atoms with van der Waals surface area (Å²) in [6.45, 7) is 16.6. The van der Waals surface area contributed by atoms with Gasteiger partial charge in [0.15, 0.2) is 6.35 Å². The zero-order valence-electron chi connectivity index (χ0n) is 26.8. The number of aromatic nitrogens is 2. The highest BCUT2D eigenvalue weighted by Gasteiger charge is 2.48. The number of H-pyrrole nitrogens is 1. The van der Waals surface area contributed by atoms with Crippen LogP contribution in [0.15, 0.2) is 47.4 Å². The number of hydrogen-bond acceptors (Lipinski definition) is 7. The molecule has 4 aromatic rings. The van der Waals surface area contributed by atoms with E-state index in [-0.39, 0.29) is 58.8 Å². The minimum absolute atomic E-state index is 0.0178.